The summed E-state index contributed by atoms with van der Waals surface area (Å²) in [4.78, 5) is 0. The van der Waals surface area contributed by atoms with Crippen LogP contribution in [0.15, 0.2) is 21.1 Å². The van der Waals surface area contributed by atoms with Crippen LogP contribution in [-0.4, -0.2) is 6.54 Å². The van der Waals surface area contributed by atoms with Crippen LogP contribution in [0.1, 0.15) is 36.8 Å². The minimum atomic E-state index is 0.819. The molecule has 1 nitrogen and oxygen atoms in total. The average Bonchev–Trinajstić information content (AvgIpc) is 2.25. The van der Waals surface area contributed by atoms with E-state index in [2.05, 4.69) is 50.9 Å². The lowest BCUT2D eigenvalue weighted by Gasteiger charge is -2.07. The van der Waals surface area contributed by atoms with Crippen molar-refractivity contribution in [1.82, 2.24) is 0 Å². The molecule has 0 saturated heterocycles. The first kappa shape index (κ1) is 14.2. The highest BCUT2D eigenvalue weighted by molar-refractivity contribution is 9.11. The van der Waals surface area contributed by atoms with E-state index in [9.17, 15) is 0 Å². The second kappa shape index (κ2) is 7.46. The van der Waals surface area contributed by atoms with Crippen LogP contribution in [0.3, 0.4) is 0 Å². The molecule has 1 rings (SSSR count). The van der Waals surface area contributed by atoms with Crippen molar-refractivity contribution in [3.63, 3.8) is 0 Å². The van der Waals surface area contributed by atoms with Gasteiger partial charge in [0.15, 0.2) is 0 Å². The molecule has 0 saturated carbocycles. The Hall–Kier alpha value is 0.140. The first-order valence-electron chi connectivity index (χ1n) is 5.79. The zero-order valence-electron chi connectivity index (χ0n) is 9.73. The lowest BCUT2D eigenvalue weighted by molar-refractivity contribution is 0.646. The van der Waals surface area contributed by atoms with Gasteiger partial charge in [0, 0.05) is 8.95 Å². The average molecular weight is 349 g/mol. The van der Waals surface area contributed by atoms with Crippen LogP contribution in [0.25, 0.3) is 0 Å². The number of hydrogen-bond donors (Lipinski definition) is 1. The number of aryl methyl sites for hydroxylation is 2. The van der Waals surface area contributed by atoms with Crippen molar-refractivity contribution in [2.24, 2.45) is 5.73 Å². The Labute approximate surface area is 115 Å². The van der Waals surface area contributed by atoms with Crippen molar-refractivity contribution >= 4 is 31.9 Å². The predicted molar refractivity (Wildman–Crippen MR) is 77.8 cm³/mol. The van der Waals surface area contributed by atoms with E-state index in [1.165, 1.54) is 39.3 Å². The molecule has 1 aromatic rings. The van der Waals surface area contributed by atoms with Crippen LogP contribution in [0.4, 0.5) is 0 Å². The van der Waals surface area contributed by atoms with Gasteiger partial charge < -0.3 is 5.73 Å². The quantitative estimate of drug-likeness (QED) is 0.748. The van der Waals surface area contributed by atoms with Gasteiger partial charge in [0.25, 0.3) is 0 Å². The fourth-order valence-electron chi connectivity index (χ4n) is 1.69. The van der Waals surface area contributed by atoms with E-state index in [1.54, 1.807) is 0 Å². The van der Waals surface area contributed by atoms with Gasteiger partial charge in [-0.15, -0.1) is 0 Å². The summed E-state index contributed by atoms with van der Waals surface area (Å²) in [5.41, 5.74) is 8.14. The third-order valence-corrected chi connectivity index (χ3v) is 4.32. The van der Waals surface area contributed by atoms with Crippen molar-refractivity contribution in [1.29, 1.82) is 0 Å². The lowest BCUT2D eigenvalue weighted by Crippen LogP contribution is -1.98. The van der Waals surface area contributed by atoms with Gasteiger partial charge in [0.05, 0.1) is 0 Å². The molecule has 0 radical (unpaired) electrons. The van der Waals surface area contributed by atoms with Crippen LogP contribution >= 0.6 is 31.9 Å². The summed E-state index contributed by atoms with van der Waals surface area (Å²) in [6.45, 7) is 2.93. The maximum absolute atomic E-state index is 5.47. The SMILES string of the molecule is Cc1cc(Br)c(CCCCCCN)cc1Br. The summed E-state index contributed by atoms with van der Waals surface area (Å²) >= 11 is 7.20. The van der Waals surface area contributed by atoms with Crippen LogP contribution in [0.2, 0.25) is 0 Å². The number of nitrogens with two attached hydrogens (primary N) is 1. The molecule has 0 atom stereocenters. The van der Waals surface area contributed by atoms with Gasteiger partial charge in [-0.2, -0.15) is 0 Å². The molecule has 0 aromatic heterocycles. The van der Waals surface area contributed by atoms with Gasteiger partial charge in [0.2, 0.25) is 0 Å². The predicted octanol–water partition coefficient (Wildman–Crippen LogP) is 4.58. The molecular formula is C13H19Br2N. The highest BCUT2D eigenvalue weighted by atomic mass is 79.9. The number of hydrogen-bond acceptors (Lipinski definition) is 1. The topological polar surface area (TPSA) is 26.0 Å². The van der Waals surface area contributed by atoms with Crippen LogP contribution in [0, 0.1) is 6.92 Å². The first-order chi connectivity index (χ1) is 7.65. The van der Waals surface area contributed by atoms with Crippen molar-refractivity contribution in [2.75, 3.05) is 6.54 Å². The van der Waals surface area contributed by atoms with E-state index < -0.39 is 0 Å². The molecular weight excluding hydrogens is 330 g/mol. The summed E-state index contributed by atoms with van der Waals surface area (Å²) in [6, 6.07) is 4.40. The second-order valence-electron chi connectivity index (χ2n) is 4.15. The van der Waals surface area contributed by atoms with Crippen LogP contribution in [-0.2, 0) is 6.42 Å². The van der Waals surface area contributed by atoms with Crippen LogP contribution in [0.5, 0.6) is 0 Å². The van der Waals surface area contributed by atoms with Gasteiger partial charge in [-0.1, -0.05) is 44.7 Å². The minimum absolute atomic E-state index is 0.819. The number of benzene rings is 1. The summed E-state index contributed by atoms with van der Waals surface area (Å²) in [5.74, 6) is 0. The second-order valence-corrected chi connectivity index (χ2v) is 5.85. The Bertz CT molecular complexity index is 337. The molecule has 16 heavy (non-hydrogen) atoms. The van der Waals surface area contributed by atoms with Crippen molar-refractivity contribution in [3.05, 3.63) is 32.2 Å². The molecule has 0 unspecified atom stereocenters. The van der Waals surface area contributed by atoms with Gasteiger partial charge in [-0.3, -0.25) is 0 Å². The number of halogens is 2. The smallest absolute Gasteiger partial charge is 0.0210 e. The molecule has 0 aliphatic rings. The molecule has 0 aliphatic heterocycles. The molecule has 3 heteroatoms. The molecule has 90 valence electrons. The normalized spacial score (nSPS) is 10.8. The zero-order valence-corrected chi connectivity index (χ0v) is 12.9. The fraction of sp³-hybridized carbons (Fsp3) is 0.538. The number of unbranched alkanes of at least 4 members (excludes halogenated alkanes) is 3. The zero-order chi connectivity index (χ0) is 12.0. The lowest BCUT2D eigenvalue weighted by atomic mass is 10.0. The largest absolute Gasteiger partial charge is 0.330 e. The fourth-order valence-corrected chi connectivity index (χ4v) is 2.74. The Morgan fingerprint density at radius 3 is 2.38 bits per heavy atom. The number of rotatable bonds is 6. The molecule has 0 bridgehead atoms. The molecule has 0 amide bonds. The maximum atomic E-state index is 5.47. The standard InChI is InChI=1S/C13H19Br2N/c1-10-8-13(15)11(9-12(10)14)6-4-2-3-5-7-16/h8-9H,2-7,16H2,1H3. The van der Waals surface area contributed by atoms with Gasteiger partial charge in [-0.25, -0.2) is 0 Å². The van der Waals surface area contributed by atoms with Crippen molar-refractivity contribution in [3.8, 4) is 0 Å². The van der Waals surface area contributed by atoms with E-state index >= 15 is 0 Å². The summed E-state index contributed by atoms with van der Waals surface area (Å²) in [7, 11) is 0. The Balaban J connectivity index is 2.45. The summed E-state index contributed by atoms with van der Waals surface area (Å²) in [5, 5.41) is 0. The molecule has 0 spiro atoms. The summed E-state index contributed by atoms with van der Waals surface area (Å²) in [6.07, 6.45) is 6.06. The Kier molecular flexibility index (Phi) is 6.62. The minimum Gasteiger partial charge on any atom is -0.330 e. The van der Waals surface area contributed by atoms with E-state index in [1.807, 2.05) is 0 Å². The third-order valence-electron chi connectivity index (χ3n) is 2.73. The van der Waals surface area contributed by atoms with E-state index in [0.717, 1.165) is 19.4 Å². The van der Waals surface area contributed by atoms with E-state index in [4.69, 9.17) is 5.73 Å². The van der Waals surface area contributed by atoms with Crippen LogP contribution < -0.4 is 5.73 Å². The van der Waals surface area contributed by atoms with Crippen molar-refractivity contribution < 1.29 is 0 Å². The highest BCUT2D eigenvalue weighted by Crippen LogP contribution is 2.26. The van der Waals surface area contributed by atoms with E-state index in [0.29, 0.717) is 0 Å². The molecule has 0 fully saturated rings. The Morgan fingerprint density at radius 2 is 1.69 bits per heavy atom. The maximum Gasteiger partial charge on any atom is 0.0210 e. The highest BCUT2D eigenvalue weighted by Gasteiger charge is 2.03. The van der Waals surface area contributed by atoms with Gasteiger partial charge in [-0.05, 0) is 56.0 Å². The third kappa shape index (κ3) is 4.56. The molecule has 2 N–H and O–H groups in total. The first-order valence-corrected chi connectivity index (χ1v) is 7.38. The van der Waals surface area contributed by atoms with Gasteiger partial charge in [0.1, 0.15) is 0 Å². The Morgan fingerprint density at radius 1 is 1.00 bits per heavy atom. The monoisotopic (exact) mass is 347 g/mol. The van der Waals surface area contributed by atoms with Gasteiger partial charge >= 0.3 is 0 Å². The van der Waals surface area contributed by atoms with Crippen molar-refractivity contribution in [2.45, 2.75) is 39.0 Å². The molecule has 1 aromatic carbocycles. The molecule has 0 heterocycles. The van der Waals surface area contributed by atoms with E-state index in [-0.39, 0.29) is 0 Å². The molecule has 0 aliphatic carbocycles. The summed E-state index contributed by atoms with van der Waals surface area (Å²) < 4.78 is 2.43.